The Morgan fingerprint density at radius 2 is 1.82 bits per heavy atom. The van der Waals surface area contributed by atoms with Crippen molar-refractivity contribution in [2.75, 3.05) is 0 Å². The summed E-state index contributed by atoms with van der Waals surface area (Å²) >= 11 is 0. The van der Waals surface area contributed by atoms with Gasteiger partial charge in [-0.1, -0.05) is 0 Å². The fourth-order valence-corrected chi connectivity index (χ4v) is 0.723. The van der Waals surface area contributed by atoms with Crippen LogP contribution in [-0.4, -0.2) is 32.3 Å². The minimum atomic E-state index is -1.23. The molecule has 0 aliphatic carbocycles. The van der Waals surface area contributed by atoms with Gasteiger partial charge < -0.3 is 15.3 Å². The highest BCUT2D eigenvalue weighted by molar-refractivity contribution is 5.71. The summed E-state index contributed by atoms with van der Waals surface area (Å²) in [6.07, 6.45) is -1.23. The second-order valence-corrected chi connectivity index (χ2v) is 3.10. The minimum absolute atomic E-state index is 0.0437. The Bertz CT molecular complexity index is 373. The number of nitro benzene ring substituents is 1. The molecule has 1 aromatic rings. The third kappa shape index (κ3) is 6.23. The minimum Gasteiger partial charge on any atom is -0.479 e. The summed E-state index contributed by atoms with van der Waals surface area (Å²) < 4.78 is 0. The van der Waals surface area contributed by atoms with Gasteiger partial charge in [0.25, 0.3) is 5.69 Å². The van der Waals surface area contributed by atoms with Gasteiger partial charge in [0.15, 0.2) is 0 Å². The molecule has 0 fully saturated rings. The van der Waals surface area contributed by atoms with Gasteiger partial charge in [-0.3, -0.25) is 10.1 Å². The summed E-state index contributed by atoms with van der Waals surface area (Å²) in [6, 6.07) is 5.79. The van der Waals surface area contributed by atoms with E-state index in [1.807, 2.05) is 0 Å². The van der Waals surface area contributed by atoms with E-state index in [2.05, 4.69) is 0 Å². The van der Waals surface area contributed by atoms with Gasteiger partial charge in [-0.05, 0) is 24.6 Å². The van der Waals surface area contributed by atoms with Crippen LogP contribution in [0.4, 0.5) is 5.69 Å². The highest BCUT2D eigenvalue weighted by Crippen LogP contribution is 2.11. The quantitative estimate of drug-likeness (QED) is 0.526. The van der Waals surface area contributed by atoms with Gasteiger partial charge in [0, 0.05) is 12.1 Å². The Morgan fingerprint density at radius 1 is 1.41 bits per heavy atom. The molecule has 0 saturated carbocycles. The van der Waals surface area contributed by atoms with Crippen LogP contribution in [0.15, 0.2) is 24.3 Å². The number of non-ortho nitro benzene ring substituents is 1. The third-order valence-corrected chi connectivity index (χ3v) is 1.69. The van der Waals surface area contributed by atoms with Gasteiger partial charge in [-0.25, -0.2) is 4.79 Å². The second-order valence-electron chi connectivity index (χ2n) is 3.10. The first-order valence-electron chi connectivity index (χ1n) is 4.63. The first kappa shape index (κ1) is 15.0. The van der Waals surface area contributed by atoms with Crippen LogP contribution >= 0.6 is 0 Å². The molecule has 0 bridgehead atoms. The molecule has 17 heavy (non-hydrogen) atoms. The topological polar surface area (TPSA) is 121 Å². The maximum atomic E-state index is 10.1. The largest absolute Gasteiger partial charge is 0.479 e. The average molecular weight is 243 g/mol. The number of aliphatic hydroxyl groups excluding tert-OH is 2. The van der Waals surface area contributed by atoms with Gasteiger partial charge >= 0.3 is 5.97 Å². The number of aliphatic hydroxyl groups is 2. The highest BCUT2D eigenvalue weighted by atomic mass is 16.6. The first-order chi connectivity index (χ1) is 7.88. The molecule has 0 heterocycles. The van der Waals surface area contributed by atoms with Gasteiger partial charge in [0.1, 0.15) is 6.10 Å². The average Bonchev–Trinajstić information content (AvgIpc) is 2.29. The van der Waals surface area contributed by atoms with Crippen molar-refractivity contribution < 1.29 is 25.0 Å². The molecule has 94 valence electrons. The zero-order valence-electron chi connectivity index (χ0n) is 9.11. The fraction of sp³-hybridized carbons (Fsp3) is 0.300. The van der Waals surface area contributed by atoms with Gasteiger partial charge in [-0.2, -0.15) is 0 Å². The van der Waals surface area contributed by atoms with E-state index in [9.17, 15) is 14.9 Å². The van der Waals surface area contributed by atoms with Crippen molar-refractivity contribution in [1.82, 2.24) is 0 Å². The zero-order chi connectivity index (χ0) is 13.4. The SMILES string of the molecule is CC(O)C(=O)O.O=[N+]([O-])c1ccc(CO)cc1. The standard InChI is InChI=1S/C7H7NO3.C3H6O3/c9-5-6-1-3-7(4-2-6)8(10)11;1-2(4)3(5)6/h1-4,9H,5H2;2,4H,1H3,(H,5,6). The Morgan fingerprint density at radius 3 is 2.06 bits per heavy atom. The van der Waals surface area contributed by atoms with Crippen molar-refractivity contribution in [3.8, 4) is 0 Å². The van der Waals surface area contributed by atoms with Crippen molar-refractivity contribution in [2.24, 2.45) is 0 Å². The van der Waals surface area contributed by atoms with E-state index >= 15 is 0 Å². The maximum Gasteiger partial charge on any atom is 0.332 e. The van der Waals surface area contributed by atoms with Crippen LogP contribution in [0.25, 0.3) is 0 Å². The van der Waals surface area contributed by atoms with E-state index in [1.165, 1.54) is 31.2 Å². The molecule has 0 saturated heterocycles. The van der Waals surface area contributed by atoms with Crippen molar-refractivity contribution in [1.29, 1.82) is 0 Å². The number of nitro groups is 1. The molecular weight excluding hydrogens is 230 g/mol. The lowest BCUT2D eigenvalue weighted by Crippen LogP contribution is -2.13. The molecule has 7 heteroatoms. The molecule has 3 N–H and O–H groups in total. The van der Waals surface area contributed by atoms with Gasteiger partial charge in [0.2, 0.25) is 0 Å². The van der Waals surface area contributed by atoms with E-state index in [4.69, 9.17) is 15.3 Å². The third-order valence-electron chi connectivity index (χ3n) is 1.69. The molecule has 0 spiro atoms. The number of aliphatic carboxylic acids is 1. The molecule has 7 nitrogen and oxygen atoms in total. The lowest BCUT2D eigenvalue weighted by molar-refractivity contribution is -0.384. The Balaban J connectivity index is 0.000000366. The molecule has 1 atom stereocenters. The number of carbonyl (C=O) groups is 1. The van der Waals surface area contributed by atoms with E-state index < -0.39 is 17.0 Å². The molecule has 0 radical (unpaired) electrons. The van der Waals surface area contributed by atoms with E-state index in [1.54, 1.807) is 0 Å². The second kappa shape index (κ2) is 7.31. The lowest BCUT2D eigenvalue weighted by Gasteiger charge is -1.93. The van der Waals surface area contributed by atoms with E-state index in [0.29, 0.717) is 5.56 Å². The monoisotopic (exact) mass is 243 g/mol. The van der Waals surface area contributed by atoms with Crippen LogP contribution in [0.3, 0.4) is 0 Å². The number of rotatable bonds is 3. The summed E-state index contributed by atoms with van der Waals surface area (Å²) in [5.41, 5.74) is 0.720. The van der Waals surface area contributed by atoms with Crippen LogP contribution in [0.5, 0.6) is 0 Å². The number of nitrogens with zero attached hydrogens (tertiary/aromatic N) is 1. The Labute approximate surface area is 97.1 Å². The zero-order valence-corrected chi connectivity index (χ0v) is 9.11. The van der Waals surface area contributed by atoms with Crippen LogP contribution in [0.1, 0.15) is 12.5 Å². The summed E-state index contributed by atoms with van der Waals surface area (Å²) in [5, 5.41) is 34.5. The Hall–Kier alpha value is -1.99. The molecule has 1 rings (SSSR count). The van der Waals surface area contributed by atoms with Crippen LogP contribution < -0.4 is 0 Å². The number of carboxylic acids is 1. The van der Waals surface area contributed by atoms with Crippen molar-refractivity contribution >= 4 is 11.7 Å². The van der Waals surface area contributed by atoms with Crippen LogP contribution in [0.2, 0.25) is 0 Å². The van der Waals surface area contributed by atoms with Crippen LogP contribution in [0, 0.1) is 10.1 Å². The summed E-state index contributed by atoms with van der Waals surface area (Å²) in [7, 11) is 0. The maximum absolute atomic E-state index is 10.1. The number of hydrogen-bond acceptors (Lipinski definition) is 5. The molecule has 0 aliphatic rings. The molecular formula is C10H13NO6. The molecule has 1 unspecified atom stereocenters. The smallest absolute Gasteiger partial charge is 0.332 e. The van der Waals surface area contributed by atoms with Crippen molar-refractivity contribution in [3.63, 3.8) is 0 Å². The Kier molecular flexibility index (Phi) is 6.46. The van der Waals surface area contributed by atoms with Crippen LogP contribution in [-0.2, 0) is 11.4 Å². The predicted molar refractivity (Wildman–Crippen MR) is 58.3 cm³/mol. The highest BCUT2D eigenvalue weighted by Gasteiger charge is 2.02. The first-order valence-corrected chi connectivity index (χ1v) is 4.63. The number of benzene rings is 1. The summed E-state index contributed by atoms with van der Waals surface area (Å²) in [6.45, 7) is 1.11. The number of hydrogen-bond donors (Lipinski definition) is 3. The molecule has 1 aromatic carbocycles. The summed E-state index contributed by atoms with van der Waals surface area (Å²) in [4.78, 5) is 19.1. The van der Waals surface area contributed by atoms with Crippen molar-refractivity contribution in [3.05, 3.63) is 39.9 Å². The number of carboxylic acid groups (broad SMARTS) is 1. The normalized spacial score (nSPS) is 11.0. The van der Waals surface area contributed by atoms with E-state index in [-0.39, 0.29) is 12.3 Å². The fourth-order valence-electron chi connectivity index (χ4n) is 0.723. The van der Waals surface area contributed by atoms with Gasteiger partial charge in [-0.15, -0.1) is 0 Å². The molecule has 0 aliphatic heterocycles. The summed E-state index contributed by atoms with van der Waals surface area (Å²) in [5.74, 6) is -1.19. The van der Waals surface area contributed by atoms with E-state index in [0.717, 1.165) is 0 Å². The molecule has 0 amide bonds. The predicted octanol–water partition coefficient (Wildman–Crippen LogP) is 0.539. The lowest BCUT2D eigenvalue weighted by atomic mass is 10.2. The van der Waals surface area contributed by atoms with Gasteiger partial charge in [0.05, 0.1) is 11.5 Å². The molecule has 0 aromatic heterocycles. The van der Waals surface area contributed by atoms with Crippen molar-refractivity contribution in [2.45, 2.75) is 19.6 Å².